The van der Waals surface area contributed by atoms with E-state index in [4.69, 9.17) is 17.3 Å². The zero-order valence-electron chi connectivity index (χ0n) is 8.83. The number of hydrogen-bond acceptors (Lipinski definition) is 3. The largest absolute Gasteiger partial charge is 0.399 e. The fourth-order valence-corrected chi connectivity index (χ4v) is 2.26. The Balaban J connectivity index is 2.83. The molecule has 0 unspecified atom stereocenters. The van der Waals surface area contributed by atoms with Gasteiger partial charge in [-0.25, -0.2) is 0 Å². The molecule has 4 N–H and O–H groups in total. The number of nitrogens with two attached hydrogens (primary N) is 1. The van der Waals surface area contributed by atoms with Crippen molar-refractivity contribution in [3.05, 3.63) is 23.2 Å². The monoisotopic (exact) mass is 263 g/mol. The quantitative estimate of drug-likeness (QED) is 0.705. The van der Waals surface area contributed by atoms with Gasteiger partial charge in [-0.3, -0.25) is 4.72 Å². The summed E-state index contributed by atoms with van der Waals surface area (Å²) in [4.78, 5) is 0. The highest BCUT2D eigenvalue weighted by atomic mass is 35.5. The average Bonchev–Trinajstić information content (AvgIpc) is 2.20. The van der Waals surface area contributed by atoms with Crippen molar-refractivity contribution in [3.63, 3.8) is 0 Å². The van der Waals surface area contributed by atoms with Crippen LogP contribution in [0, 0.1) is 0 Å². The van der Waals surface area contributed by atoms with Gasteiger partial charge in [0.15, 0.2) is 0 Å². The summed E-state index contributed by atoms with van der Waals surface area (Å²) in [6.07, 6.45) is 0.714. The lowest BCUT2D eigenvalue weighted by Crippen LogP contribution is -2.30. The van der Waals surface area contributed by atoms with Crippen LogP contribution in [-0.4, -0.2) is 15.0 Å². The summed E-state index contributed by atoms with van der Waals surface area (Å²) in [5.41, 5.74) is 6.24. The molecule has 90 valence electrons. The molecule has 0 aliphatic heterocycles. The lowest BCUT2D eigenvalue weighted by molar-refractivity contribution is 0.586. The first kappa shape index (κ1) is 13.1. The summed E-state index contributed by atoms with van der Waals surface area (Å²) < 4.78 is 27.7. The molecule has 16 heavy (non-hydrogen) atoms. The van der Waals surface area contributed by atoms with Crippen molar-refractivity contribution in [1.29, 1.82) is 0 Å². The minimum absolute atomic E-state index is 0.269. The van der Waals surface area contributed by atoms with Gasteiger partial charge in [-0.1, -0.05) is 18.5 Å². The van der Waals surface area contributed by atoms with E-state index in [-0.39, 0.29) is 5.69 Å². The Morgan fingerprint density at radius 2 is 2.12 bits per heavy atom. The van der Waals surface area contributed by atoms with Crippen molar-refractivity contribution in [2.75, 3.05) is 17.0 Å². The van der Waals surface area contributed by atoms with E-state index >= 15 is 0 Å². The highest BCUT2D eigenvalue weighted by Gasteiger charge is 2.10. The van der Waals surface area contributed by atoms with Crippen molar-refractivity contribution in [1.82, 2.24) is 4.72 Å². The second kappa shape index (κ2) is 5.38. The van der Waals surface area contributed by atoms with Crippen LogP contribution in [0.5, 0.6) is 0 Å². The molecule has 1 rings (SSSR count). The van der Waals surface area contributed by atoms with Gasteiger partial charge in [-0.05, 0) is 24.6 Å². The maximum absolute atomic E-state index is 11.5. The van der Waals surface area contributed by atoms with E-state index in [2.05, 4.69) is 9.44 Å². The Bertz CT molecular complexity index is 462. The number of hydrogen-bond donors (Lipinski definition) is 3. The van der Waals surface area contributed by atoms with Crippen molar-refractivity contribution < 1.29 is 8.42 Å². The van der Waals surface area contributed by atoms with E-state index in [1.54, 1.807) is 6.07 Å². The zero-order chi connectivity index (χ0) is 12.2. The molecule has 0 fully saturated rings. The second-order valence-electron chi connectivity index (χ2n) is 3.24. The first-order valence-electron chi connectivity index (χ1n) is 4.77. The van der Waals surface area contributed by atoms with E-state index in [1.165, 1.54) is 12.1 Å². The fourth-order valence-electron chi connectivity index (χ4n) is 1.04. The van der Waals surface area contributed by atoms with Crippen LogP contribution in [0.3, 0.4) is 0 Å². The van der Waals surface area contributed by atoms with E-state index in [1.807, 2.05) is 6.92 Å². The third-order valence-corrected chi connectivity index (χ3v) is 3.18. The van der Waals surface area contributed by atoms with Gasteiger partial charge in [-0.15, -0.1) is 0 Å². The van der Waals surface area contributed by atoms with Gasteiger partial charge in [0, 0.05) is 12.2 Å². The molecule has 7 heteroatoms. The highest BCUT2D eigenvalue weighted by molar-refractivity contribution is 7.90. The van der Waals surface area contributed by atoms with Gasteiger partial charge in [0.25, 0.3) is 10.2 Å². The third-order valence-electron chi connectivity index (χ3n) is 1.78. The normalized spacial score (nSPS) is 11.4. The lowest BCUT2D eigenvalue weighted by Gasteiger charge is -2.10. The first-order chi connectivity index (χ1) is 7.44. The molecule has 0 spiro atoms. The number of anilines is 2. The summed E-state index contributed by atoms with van der Waals surface area (Å²) in [6.45, 7) is 2.24. The summed E-state index contributed by atoms with van der Waals surface area (Å²) in [5.74, 6) is 0. The Morgan fingerprint density at radius 1 is 1.44 bits per heavy atom. The van der Waals surface area contributed by atoms with Crippen LogP contribution in [0.25, 0.3) is 0 Å². The molecule has 1 aromatic carbocycles. The number of halogens is 1. The summed E-state index contributed by atoms with van der Waals surface area (Å²) in [6, 6.07) is 4.60. The first-order valence-corrected chi connectivity index (χ1v) is 6.63. The molecular weight excluding hydrogens is 250 g/mol. The second-order valence-corrected chi connectivity index (χ2v) is 5.15. The van der Waals surface area contributed by atoms with Crippen LogP contribution in [0.15, 0.2) is 18.2 Å². The zero-order valence-corrected chi connectivity index (χ0v) is 10.4. The molecule has 0 atom stereocenters. The molecule has 0 aliphatic carbocycles. The van der Waals surface area contributed by atoms with E-state index in [9.17, 15) is 8.42 Å². The summed E-state index contributed by atoms with van der Waals surface area (Å²) >= 11 is 5.83. The molecular formula is C9H14ClN3O2S. The van der Waals surface area contributed by atoms with Crippen LogP contribution in [0.2, 0.25) is 5.02 Å². The Hall–Kier alpha value is -0.980. The number of nitrogen functional groups attached to an aromatic ring is 1. The van der Waals surface area contributed by atoms with Crippen LogP contribution in [0.1, 0.15) is 13.3 Å². The predicted molar refractivity (Wildman–Crippen MR) is 66.7 cm³/mol. The maximum Gasteiger partial charge on any atom is 0.299 e. The SMILES string of the molecule is CCCNS(=O)(=O)Nc1cc(N)ccc1Cl. The molecule has 1 aromatic rings. The van der Waals surface area contributed by atoms with Crippen LogP contribution in [-0.2, 0) is 10.2 Å². The molecule has 0 saturated carbocycles. The Labute approximate surface area is 100 Å². The molecule has 0 aromatic heterocycles. The minimum Gasteiger partial charge on any atom is -0.399 e. The van der Waals surface area contributed by atoms with Gasteiger partial charge in [-0.2, -0.15) is 13.1 Å². The Morgan fingerprint density at radius 3 is 2.75 bits per heavy atom. The maximum atomic E-state index is 11.5. The number of benzene rings is 1. The van der Waals surface area contributed by atoms with Gasteiger partial charge in [0.2, 0.25) is 0 Å². The van der Waals surface area contributed by atoms with Gasteiger partial charge in [0.05, 0.1) is 10.7 Å². The summed E-state index contributed by atoms with van der Waals surface area (Å²) in [7, 11) is -3.58. The summed E-state index contributed by atoms with van der Waals surface area (Å²) in [5, 5.41) is 0.302. The van der Waals surface area contributed by atoms with Crippen LogP contribution < -0.4 is 15.2 Å². The van der Waals surface area contributed by atoms with Crippen molar-refractivity contribution in [2.24, 2.45) is 0 Å². The van der Waals surface area contributed by atoms with Crippen LogP contribution >= 0.6 is 11.6 Å². The molecule has 0 aliphatic rings. The standard InChI is InChI=1S/C9H14ClN3O2S/c1-2-5-12-16(14,15)13-9-6-7(11)3-4-8(9)10/h3-4,6,12-13H,2,5,11H2,1H3. The Kier molecular flexibility index (Phi) is 4.40. The highest BCUT2D eigenvalue weighted by Crippen LogP contribution is 2.24. The number of nitrogens with one attached hydrogen (secondary N) is 2. The molecule has 5 nitrogen and oxygen atoms in total. The molecule has 0 radical (unpaired) electrons. The molecule has 0 heterocycles. The predicted octanol–water partition coefficient (Wildman–Crippen LogP) is 1.58. The fraction of sp³-hybridized carbons (Fsp3) is 0.333. The minimum atomic E-state index is -3.58. The van der Waals surface area contributed by atoms with Crippen molar-refractivity contribution in [2.45, 2.75) is 13.3 Å². The molecule has 0 saturated heterocycles. The van der Waals surface area contributed by atoms with Crippen LogP contribution in [0.4, 0.5) is 11.4 Å². The topological polar surface area (TPSA) is 84.2 Å². The van der Waals surface area contributed by atoms with E-state index in [0.717, 1.165) is 0 Å². The van der Waals surface area contributed by atoms with Crippen molar-refractivity contribution >= 4 is 33.2 Å². The third kappa shape index (κ3) is 3.88. The van der Waals surface area contributed by atoms with Gasteiger partial charge in [0.1, 0.15) is 0 Å². The molecule has 0 amide bonds. The lowest BCUT2D eigenvalue weighted by atomic mass is 10.3. The van der Waals surface area contributed by atoms with Gasteiger partial charge >= 0.3 is 0 Å². The van der Waals surface area contributed by atoms with Gasteiger partial charge < -0.3 is 5.73 Å². The number of rotatable bonds is 5. The average molecular weight is 264 g/mol. The van der Waals surface area contributed by atoms with E-state index < -0.39 is 10.2 Å². The molecule has 0 bridgehead atoms. The van der Waals surface area contributed by atoms with E-state index in [0.29, 0.717) is 23.7 Å². The van der Waals surface area contributed by atoms with Crippen molar-refractivity contribution in [3.8, 4) is 0 Å². The smallest absolute Gasteiger partial charge is 0.299 e.